The fourth-order valence-corrected chi connectivity index (χ4v) is 4.55. The van der Waals surface area contributed by atoms with Gasteiger partial charge in [0.2, 0.25) is 12.0 Å². The summed E-state index contributed by atoms with van der Waals surface area (Å²) in [6.45, 7) is -0.105. The second kappa shape index (κ2) is 10.7. The van der Waals surface area contributed by atoms with E-state index in [-0.39, 0.29) is 18.1 Å². The highest BCUT2D eigenvalue weighted by Gasteiger charge is 2.49. The summed E-state index contributed by atoms with van der Waals surface area (Å²) in [6.07, 6.45) is -3.18. The summed E-state index contributed by atoms with van der Waals surface area (Å²) in [5.41, 5.74) is 0.742. The molecular formula is C25H29F3N2O5. The lowest BCUT2D eigenvalue weighted by Crippen LogP contribution is -2.53. The lowest BCUT2D eigenvalue weighted by Gasteiger charge is -2.51. The Bertz CT molecular complexity index is 955. The van der Waals surface area contributed by atoms with Crippen LogP contribution in [0.2, 0.25) is 0 Å². The normalized spacial score (nSPS) is 18.6. The van der Waals surface area contributed by atoms with Gasteiger partial charge in [-0.05, 0) is 54.9 Å². The molecule has 1 unspecified atom stereocenters. The molecule has 190 valence electrons. The number of alkyl halides is 3. The number of piperidine rings is 1. The van der Waals surface area contributed by atoms with Crippen LogP contribution >= 0.6 is 0 Å². The Kier molecular flexibility index (Phi) is 7.69. The minimum atomic E-state index is -4.73. The van der Waals surface area contributed by atoms with Crippen LogP contribution in [0.15, 0.2) is 48.7 Å². The number of likely N-dealkylation sites (tertiary alicyclic amines) is 1. The number of carbonyl (C=O) groups excluding carboxylic acids is 1. The molecule has 1 aromatic heterocycles. The summed E-state index contributed by atoms with van der Waals surface area (Å²) >= 11 is 0. The summed E-state index contributed by atoms with van der Waals surface area (Å²) in [4.78, 5) is 18.0. The first-order chi connectivity index (χ1) is 16.8. The van der Waals surface area contributed by atoms with Crippen molar-refractivity contribution in [1.82, 2.24) is 9.88 Å². The maximum Gasteiger partial charge on any atom is 0.427 e. The number of rotatable bonds is 8. The number of aromatic nitrogens is 1. The van der Waals surface area contributed by atoms with E-state index < -0.39 is 25.0 Å². The molecule has 1 aliphatic heterocycles. The van der Waals surface area contributed by atoms with E-state index in [4.69, 9.17) is 18.9 Å². The molecular weight excluding hydrogens is 465 g/mol. The van der Waals surface area contributed by atoms with Gasteiger partial charge in [-0.2, -0.15) is 13.2 Å². The van der Waals surface area contributed by atoms with Crippen molar-refractivity contribution in [3.63, 3.8) is 0 Å². The summed E-state index contributed by atoms with van der Waals surface area (Å²) in [5, 5.41) is 0. The average Bonchev–Trinajstić information content (AvgIpc) is 2.83. The van der Waals surface area contributed by atoms with Crippen LogP contribution < -0.4 is 9.47 Å². The van der Waals surface area contributed by atoms with Crippen LogP contribution in [-0.2, 0) is 16.1 Å². The third kappa shape index (κ3) is 6.56. The number of ether oxygens (including phenoxy) is 4. The fourth-order valence-electron chi connectivity index (χ4n) is 4.55. The minimum absolute atomic E-state index is 0.0396. The smallest absolute Gasteiger partial charge is 0.427 e. The lowest BCUT2D eigenvalue weighted by atomic mass is 9.61. The predicted octanol–water partition coefficient (Wildman–Crippen LogP) is 5.00. The van der Waals surface area contributed by atoms with Crippen LogP contribution in [0.25, 0.3) is 0 Å². The fraction of sp³-hybridized carbons (Fsp3) is 0.520. The first kappa shape index (κ1) is 25.1. The second-order valence-electron chi connectivity index (χ2n) is 9.08. The van der Waals surface area contributed by atoms with Gasteiger partial charge in [0.1, 0.15) is 11.9 Å². The number of pyridine rings is 1. The van der Waals surface area contributed by atoms with Gasteiger partial charge in [-0.15, -0.1) is 0 Å². The molecule has 0 bridgehead atoms. The Morgan fingerprint density at radius 3 is 2.46 bits per heavy atom. The average molecular weight is 495 g/mol. The number of halogens is 3. The van der Waals surface area contributed by atoms with Gasteiger partial charge in [0.05, 0.1) is 20.3 Å². The molecule has 35 heavy (non-hydrogen) atoms. The molecule has 10 heteroatoms. The zero-order valence-electron chi connectivity index (χ0n) is 19.5. The summed E-state index contributed by atoms with van der Waals surface area (Å²) < 4.78 is 61.4. The molecule has 2 fully saturated rings. The molecule has 7 nitrogen and oxygen atoms in total. The summed E-state index contributed by atoms with van der Waals surface area (Å²) in [5.74, 6) is 1.22. The third-order valence-electron chi connectivity index (χ3n) is 6.63. The molecule has 1 spiro atoms. The maximum atomic E-state index is 13.5. The van der Waals surface area contributed by atoms with Crippen molar-refractivity contribution in [2.45, 2.75) is 50.7 Å². The number of methoxy groups -OCH3 is 1. The summed E-state index contributed by atoms with van der Waals surface area (Å²) in [7, 11) is 1.52. The molecule has 2 aliphatic rings. The van der Waals surface area contributed by atoms with Gasteiger partial charge >= 0.3 is 12.3 Å². The van der Waals surface area contributed by atoms with Gasteiger partial charge in [0.15, 0.2) is 0 Å². The number of benzene rings is 1. The van der Waals surface area contributed by atoms with Crippen LogP contribution in [0, 0.1) is 5.41 Å². The van der Waals surface area contributed by atoms with E-state index in [0.29, 0.717) is 43.1 Å². The van der Waals surface area contributed by atoms with E-state index in [9.17, 15) is 18.0 Å². The molecule has 2 aromatic rings. The van der Waals surface area contributed by atoms with E-state index in [1.165, 1.54) is 12.0 Å². The van der Waals surface area contributed by atoms with Crippen molar-refractivity contribution < 1.29 is 36.9 Å². The number of hydrogen-bond acceptors (Lipinski definition) is 6. The van der Waals surface area contributed by atoms with Crippen molar-refractivity contribution in [3.8, 4) is 11.6 Å². The quantitative estimate of drug-likeness (QED) is 0.515. The highest BCUT2D eigenvalue weighted by atomic mass is 19.4. The number of amides is 1. The topological polar surface area (TPSA) is 70.1 Å². The van der Waals surface area contributed by atoms with Crippen LogP contribution in [0.4, 0.5) is 18.0 Å². The van der Waals surface area contributed by atoms with E-state index >= 15 is 0 Å². The van der Waals surface area contributed by atoms with Crippen LogP contribution in [0.5, 0.6) is 11.6 Å². The minimum Gasteiger partial charge on any atom is -0.497 e. The summed E-state index contributed by atoms with van der Waals surface area (Å²) in [6, 6.07) is 12.3. The largest absolute Gasteiger partial charge is 0.497 e. The van der Waals surface area contributed by atoms with Crippen molar-refractivity contribution in [3.05, 3.63) is 54.2 Å². The lowest BCUT2D eigenvalue weighted by molar-refractivity contribution is -0.220. The van der Waals surface area contributed by atoms with Gasteiger partial charge < -0.3 is 23.8 Å². The van der Waals surface area contributed by atoms with Crippen molar-refractivity contribution in [2.75, 3.05) is 26.8 Å². The van der Waals surface area contributed by atoms with Gasteiger partial charge in [-0.3, -0.25) is 0 Å². The molecule has 2 heterocycles. The molecule has 4 rings (SSSR count). The molecule has 1 atom stereocenters. The number of nitrogens with zero attached hydrogens (tertiary/aromatic N) is 2. The van der Waals surface area contributed by atoms with Gasteiger partial charge in [-0.1, -0.05) is 18.2 Å². The van der Waals surface area contributed by atoms with Crippen molar-refractivity contribution >= 4 is 6.09 Å². The van der Waals surface area contributed by atoms with E-state index in [0.717, 1.165) is 12.8 Å². The van der Waals surface area contributed by atoms with E-state index in [1.807, 2.05) is 12.1 Å². The van der Waals surface area contributed by atoms with Gasteiger partial charge in [0, 0.05) is 25.4 Å². The van der Waals surface area contributed by atoms with E-state index in [2.05, 4.69) is 4.98 Å². The number of carbonyl (C=O) groups is 1. The Morgan fingerprint density at radius 2 is 1.86 bits per heavy atom. The highest BCUT2D eigenvalue weighted by Crippen LogP contribution is 2.50. The van der Waals surface area contributed by atoms with Crippen LogP contribution in [0.3, 0.4) is 0 Å². The maximum absolute atomic E-state index is 13.5. The zero-order chi connectivity index (χ0) is 24.9. The van der Waals surface area contributed by atoms with Crippen molar-refractivity contribution in [2.24, 2.45) is 5.41 Å². The first-order valence-electron chi connectivity index (χ1n) is 11.6. The SMILES string of the molecule is COc1ccc(COCC(OC(=O)N2CCC3(CC2)CC(Oc2ccccn2)C3)C(F)(F)F)cc1. The van der Waals surface area contributed by atoms with Gasteiger partial charge in [0.25, 0.3) is 0 Å². The Labute approximate surface area is 202 Å². The first-order valence-corrected chi connectivity index (χ1v) is 11.6. The Morgan fingerprint density at radius 1 is 1.14 bits per heavy atom. The standard InChI is InChI=1S/C25H29F3N2O5/c1-32-19-7-5-18(6-8-19)16-33-17-21(25(26,27)28)35-23(31)30-12-9-24(10-13-30)14-20(15-24)34-22-4-2-3-11-29-22/h2-8,11,20-21H,9-10,12-17H2,1H3. The molecule has 0 radical (unpaired) electrons. The molecule has 1 saturated carbocycles. The molecule has 1 saturated heterocycles. The van der Waals surface area contributed by atoms with E-state index in [1.54, 1.807) is 36.5 Å². The van der Waals surface area contributed by atoms with Crippen LogP contribution in [-0.4, -0.2) is 61.2 Å². The highest BCUT2D eigenvalue weighted by molar-refractivity contribution is 5.68. The Balaban J connectivity index is 1.21. The third-order valence-corrected chi connectivity index (χ3v) is 6.63. The second-order valence-corrected chi connectivity index (χ2v) is 9.08. The predicted molar refractivity (Wildman–Crippen MR) is 120 cm³/mol. The monoisotopic (exact) mass is 494 g/mol. The molecule has 1 aromatic carbocycles. The van der Waals surface area contributed by atoms with Crippen LogP contribution in [0.1, 0.15) is 31.2 Å². The Hall–Kier alpha value is -3.01. The molecule has 1 aliphatic carbocycles. The van der Waals surface area contributed by atoms with Gasteiger partial charge in [-0.25, -0.2) is 9.78 Å². The molecule has 0 N–H and O–H groups in total. The number of hydrogen-bond donors (Lipinski definition) is 0. The zero-order valence-corrected chi connectivity index (χ0v) is 19.5. The van der Waals surface area contributed by atoms with Crippen molar-refractivity contribution in [1.29, 1.82) is 0 Å². The molecule has 1 amide bonds.